The van der Waals surface area contributed by atoms with E-state index in [1.165, 1.54) is 16.2 Å². The number of amides is 1. The largest absolute Gasteiger partial charge is 0.507 e. The lowest BCUT2D eigenvalue weighted by atomic mass is 9.95. The van der Waals surface area contributed by atoms with Crippen LogP contribution in [0.1, 0.15) is 50.3 Å². The predicted molar refractivity (Wildman–Crippen MR) is 136 cm³/mol. The average Bonchev–Trinajstić information content (AvgIpc) is 3.49. The standard InChI is InChI=1S/C27H28N2O5S/c1-3-5-6-15-34-21-9-7-8-19(17-21)23-22(24(30)18-10-12-20(13-11-18)33-4-2)25(31)26(32)29(23)27-28-14-16-35-27/h7-14,16-17,23,30H,3-6,15H2,1-2H3. The van der Waals surface area contributed by atoms with Crippen LogP contribution in [-0.4, -0.2) is 35.0 Å². The Morgan fingerprint density at radius 2 is 1.86 bits per heavy atom. The van der Waals surface area contributed by atoms with Crippen molar-refractivity contribution in [3.05, 3.63) is 76.8 Å². The van der Waals surface area contributed by atoms with E-state index in [4.69, 9.17) is 9.47 Å². The number of benzene rings is 2. The Hall–Kier alpha value is -3.65. The van der Waals surface area contributed by atoms with Crippen LogP contribution >= 0.6 is 11.3 Å². The van der Waals surface area contributed by atoms with Gasteiger partial charge < -0.3 is 14.6 Å². The van der Waals surface area contributed by atoms with Crippen molar-refractivity contribution in [3.8, 4) is 11.5 Å². The number of anilines is 1. The molecule has 1 unspecified atom stereocenters. The minimum atomic E-state index is -0.841. The lowest BCUT2D eigenvalue weighted by molar-refractivity contribution is -0.132. The summed E-state index contributed by atoms with van der Waals surface area (Å²) in [6.45, 7) is 5.11. The minimum Gasteiger partial charge on any atom is -0.507 e. The monoisotopic (exact) mass is 492 g/mol. The van der Waals surface area contributed by atoms with Gasteiger partial charge in [-0.2, -0.15) is 0 Å². The Bertz CT molecular complexity index is 1200. The number of Topliss-reactive ketones (excluding diaryl/α,β-unsaturated/α-hetero) is 1. The second kappa shape index (κ2) is 11.2. The number of nitrogens with zero attached hydrogens (tertiary/aromatic N) is 2. The molecule has 1 aliphatic heterocycles. The molecule has 3 aromatic rings. The third-order valence-electron chi connectivity index (χ3n) is 5.70. The lowest BCUT2D eigenvalue weighted by Gasteiger charge is -2.23. The summed E-state index contributed by atoms with van der Waals surface area (Å²) in [5.74, 6) is -0.441. The number of aliphatic hydroxyl groups is 1. The number of aromatic nitrogens is 1. The summed E-state index contributed by atoms with van der Waals surface area (Å²) in [5, 5.41) is 13.4. The molecular formula is C27H28N2O5S. The van der Waals surface area contributed by atoms with E-state index < -0.39 is 17.7 Å². The maximum Gasteiger partial charge on any atom is 0.301 e. The van der Waals surface area contributed by atoms with Gasteiger partial charge in [-0.05, 0) is 55.3 Å². The third kappa shape index (κ3) is 5.22. The van der Waals surface area contributed by atoms with E-state index in [0.29, 0.717) is 41.0 Å². The van der Waals surface area contributed by atoms with E-state index in [9.17, 15) is 14.7 Å². The normalized spacial score (nSPS) is 17.1. The second-order valence-electron chi connectivity index (χ2n) is 8.07. The first-order valence-corrected chi connectivity index (χ1v) is 12.6. The van der Waals surface area contributed by atoms with Gasteiger partial charge in [0, 0.05) is 17.1 Å². The highest BCUT2D eigenvalue weighted by Gasteiger charge is 2.48. The highest BCUT2D eigenvalue weighted by atomic mass is 32.1. The fourth-order valence-corrected chi connectivity index (χ4v) is 4.69. The lowest BCUT2D eigenvalue weighted by Crippen LogP contribution is -2.29. The van der Waals surface area contributed by atoms with Crippen LogP contribution in [0.2, 0.25) is 0 Å². The molecule has 8 heteroatoms. The van der Waals surface area contributed by atoms with Crippen molar-refractivity contribution in [2.45, 2.75) is 39.2 Å². The van der Waals surface area contributed by atoms with Crippen LogP contribution in [0.25, 0.3) is 5.76 Å². The maximum absolute atomic E-state index is 13.2. The first-order valence-electron chi connectivity index (χ1n) is 11.7. The number of rotatable bonds is 10. The van der Waals surface area contributed by atoms with Crippen molar-refractivity contribution in [2.75, 3.05) is 18.1 Å². The molecular weight excluding hydrogens is 464 g/mol. The fraction of sp³-hybridized carbons (Fsp3) is 0.296. The van der Waals surface area contributed by atoms with Crippen LogP contribution in [0.4, 0.5) is 5.13 Å². The summed E-state index contributed by atoms with van der Waals surface area (Å²) in [7, 11) is 0. The third-order valence-corrected chi connectivity index (χ3v) is 6.47. The summed E-state index contributed by atoms with van der Waals surface area (Å²) in [5.41, 5.74) is 1.08. The van der Waals surface area contributed by atoms with Gasteiger partial charge in [-0.25, -0.2) is 4.98 Å². The molecule has 4 rings (SSSR count). The molecule has 35 heavy (non-hydrogen) atoms. The Morgan fingerprint density at radius 3 is 2.54 bits per heavy atom. The van der Waals surface area contributed by atoms with Crippen molar-refractivity contribution in [3.63, 3.8) is 0 Å². The zero-order valence-corrected chi connectivity index (χ0v) is 20.6. The molecule has 1 N–H and O–H groups in total. The van der Waals surface area contributed by atoms with E-state index in [1.807, 2.05) is 31.2 Å². The number of unbranched alkanes of at least 4 members (excludes halogenated alkanes) is 2. The van der Waals surface area contributed by atoms with Gasteiger partial charge in [0.05, 0.1) is 24.8 Å². The number of hydrogen-bond donors (Lipinski definition) is 1. The molecule has 0 bridgehead atoms. The van der Waals surface area contributed by atoms with Crippen LogP contribution in [0.15, 0.2) is 65.7 Å². The molecule has 2 aromatic carbocycles. The van der Waals surface area contributed by atoms with E-state index in [0.717, 1.165) is 19.3 Å². The summed E-state index contributed by atoms with van der Waals surface area (Å²) >= 11 is 1.25. The SMILES string of the molecule is CCCCCOc1cccc(C2C(=C(O)c3ccc(OCC)cc3)C(=O)C(=O)N2c2nccs2)c1. The first-order chi connectivity index (χ1) is 17.0. The highest BCUT2D eigenvalue weighted by Crippen LogP contribution is 2.43. The number of carbonyl (C=O) groups is 2. The summed E-state index contributed by atoms with van der Waals surface area (Å²) in [6.07, 6.45) is 4.69. The minimum absolute atomic E-state index is 0.0116. The molecule has 1 aromatic heterocycles. The number of ketones is 1. The molecule has 0 spiro atoms. The second-order valence-corrected chi connectivity index (χ2v) is 8.94. The molecule has 7 nitrogen and oxygen atoms in total. The van der Waals surface area contributed by atoms with E-state index in [2.05, 4.69) is 11.9 Å². The Balaban J connectivity index is 1.77. The first kappa shape index (κ1) is 24.5. The van der Waals surface area contributed by atoms with Crippen LogP contribution in [0.5, 0.6) is 11.5 Å². The predicted octanol–water partition coefficient (Wildman–Crippen LogP) is 5.74. The molecule has 0 radical (unpaired) electrons. The van der Waals surface area contributed by atoms with Gasteiger partial charge in [0.1, 0.15) is 17.3 Å². The smallest absolute Gasteiger partial charge is 0.301 e. The Morgan fingerprint density at radius 1 is 1.06 bits per heavy atom. The molecule has 1 aliphatic rings. The maximum atomic E-state index is 13.2. The van der Waals surface area contributed by atoms with Gasteiger partial charge in [-0.3, -0.25) is 14.5 Å². The number of carbonyl (C=O) groups excluding carboxylic acids is 2. The average molecular weight is 493 g/mol. The quantitative estimate of drug-likeness (QED) is 0.168. The van der Waals surface area contributed by atoms with Crippen LogP contribution in [0, 0.1) is 0 Å². The van der Waals surface area contributed by atoms with Gasteiger partial charge in [-0.15, -0.1) is 11.3 Å². The Labute approximate surface area is 208 Å². The summed E-state index contributed by atoms with van der Waals surface area (Å²) in [4.78, 5) is 32.0. The summed E-state index contributed by atoms with van der Waals surface area (Å²) < 4.78 is 11.4. The van der Waals surface area contributed by atoms with Gasteiger partial charge in [-0.1, -0.05) is 31.9 Å². The molecule has 1 saturated heterocycles. The molecule has 0 saturated carbocycles. The van der Waals surface area contributed by atoms with Crippen LogP contribution in [0.3, 0.4) is 0 Å². The van der Waals surface area contributed by atoms with Crippen molar-refractivity contribution >= 4 is 33.9 Å². The topological polar surface area (TPSA) is 89.0 Å². The number of ether oxygens (including phenoxy) is 2. The number of thiazole rings is 1. The van der Waals surface area contributed by atoms with E-state index in [1.54, 1.807) is 35.8 Å². The van der Waals surface area contributed by atoms with Crippen molar-refractivity contribution in [1.82, 2.24) is 4.98 Å². The van der Waals surface area contributed by atoms with Gasteiger partial charge in [0.15, 0.2) is 5.13 Å². The molecule has 2 heterocycles. The molecule has 1 amide bonds. The molecule has 0 aliphatic carbocycles. The molecule has 182 valence electrons. The zero-order valence-electron chi connectivity index (χ0n) is 19.8. The number of aliphatic hydroxyl groups excluding tert-OH is 1. The van der Waals surface area contributed by atoms with Gasteiger partial charge in [0.2, 0.25) is 0 Å². The Kier molecular flexibility index (Phi) is 7.82. The molecule has 1 fully saturated rings. The van der Waals surface area contributed by atoms with Gasteiger partial charge in [0.25, 0.3) is 5.78 Å². The van der Waals surface area contributed by atoms with Crippen molar-refractivity contribution in [1.29, 1.82) is 0 Å². The number of hydrogen-bond acceptors (Lipinski definition) is 7. The highest BCUT2D eigenvalue weighted by molar-refractivity contribution is 7.14. The van der Waals surface area contributed by atoms with Crippen molar-refractivity contribution in [2.24, 2.45) is 0 Å². The van der Waals surface area contributed by atoms with Crippen molar-refractivity contribution < 1.29 is 24.2 Å². The molecule has 1 atom stereocenters. The summed E-state index contributed by atoms with van der Waals surface area (Å²) in [6, 6.07) is 13.2. The van der Waals surface area contributed by atoms with E-state index >= 15 is 0 Å². The van der Waals surface area contributed by atoms with Gasteiger partial charge >= 0.3 is 5.91 Å². The zero-order chi connectivity index (χ0) is 24.8. The van der Waals surface area contributed by atoms with Crippen LogP contribution < -0.4 is 14.4 Å². The van der Waals surface area contributed by atoms with E-state index in [-0.39, 0.29) is 11.3 Å². The fourth-order valence-electron chi connectivity index (χ4n) is 4.03. The van der Waals surface area contributed by atoms with Crippen LogP contribution in [-0.2, 0) is 9.59 Å².